The van der Waals surface area contributed by atoms with Crippen molar-refractivity contribution in [2.45, 2.75) is 33.2 Å². The molecule has 0 saturated carbocycles. The van der Waals surface area contributed by atoms with Crippen LogP contribution in [-0.4, -0.2) is 55.6 Å². The number of amides is 2. The summed E-state index contributed by atoms with van der Waals surface area (Å²) in [7, 11) is 0. The Morgan fingerprint density at radius 3 is 2.62 bits per heavy atom. The Bertz CT molecular complexity index is 553. The first-order valence-electron chi connectivity index (χ1n) is 8.43. The molecule has 1 atom stereocenters. The van der Waals surface area contributed by atoms with Gasteiger partial charge in [-0.2, -0.15) is 0 Å². The number of nitrogens with one attached hydrogen (secondary N) is 2. The van der Waals surface area contributed by atoms with E-state index >= 15 is 0 Å². The first-order chi connectivity index (χ1) is 11.5. The van der Waals surface area contributed by atoms with Crippen molar-refractivity contribution in [1.82, 2.24) is 10.2 Å². The van der Waals surface area contributed by atoms with E-state index in [1.807, 2.05) is 0 Å². The minimum Gasteiger partial charge on any atom is -0.379 e. The van der Waals surface area contributed by atoms with Crippen LogP contribution in [0.25, 0.3) is 0 Å². The molecule has 0 aliphatic carbocycles. The van der Waals surface area contributed by atoms with Crippen LogP contribution in [0.4, 0.5) is 5.00 Å². The molecule has 1 aromatic rings. The number of anilines is 1. The van der Waals surface area contributed by atoms with E-state index in [0.717, 1.165) is 32.7 Å². The molecule has 0 bridgehead atoms. The van der Waals surface area contributed by atoms with Gasteiger partial charge < -0.3 is 15.4 Å². The summed E-state index contributed by atoms with van der Waals surface area (Å²) in [5, 5.41) is 6.44. The van der Waals surface area contributed by atoms with Crippen LogP contribution in [0.2, 0.25) is 0 Å². The van der Waals surface area contributed by atoms with E-state index in [-0.39, 0.29) is 11.8 Å². The highest BCUT2D eigenvalue weighted by molar-refractivity contribution is 7.18. The van der Waals surface area contributed by atoms with Crippen molar-refractivity contribution in [1.29, 1.82) is 0 Å². The highest BCUT2D eigenvalue weighted by Gasteiger charge is 2.23. The van der Waals surface area contributed by atoms with Gasteiger partial charge >= 0.3 is 0 Å². The fraction of sp³-hybridized carbons (Fsp3) is 0.647. The van der Waals surface area contributed by atoms with Crippen LogP contribution >= 0.6 is 11.3 Å². The fourth-order valence-electron chi connectivity index (χ4n) is 2.85. The summed E-state index contributed by atoms with van der Waals surface area (Å²) in [6, 6.07) is 3.83. The van der Waals surface area contributed by atoms with E-state index in [4.69, 9.17) is 4.74 Å². The number of ether oxygens (including phenoxy) is 1. The van der Waals surface area contributed by atoms with Crippen LogP contribution < -0.4 is 10.6 Å². The van der Waals surface area contributed by atoms with E-state index in [9.17, 15) is 9.59 Å². The third-order valence-corrected chi connectivity index (χ3v) is 4.93. The molecule has 0 unspecified atom stereocenters. The molecule has 0 radical (unpaired) electrons. The number of hydrogen-bond acceptors (Lipinski definition) is 5. The van der Waals surface area contributed by atoms with Crippen molar-refractivity contribution in [3.05, 3.63) is 17.0 Å². The zero-order valence-corrected chi connectivity index (χ0v) is 15.4. The zero-order valence-electron chi connectivity index (χ0n) is 14.6. The Balaban J connectivity index is 1.90. The third kappa shape index (κ3) is 5.89. The predicted octanol–water partition coefficient (Wildman–Crippen LogP) is 2.18. The van der Waals surface area contributed by atoms with Gasteiger partial charge in [0, 0.05) is 32.6 Å². The molecule has 2 heterocycles. The smallest absolute Gasteiger partial charge is 0.261 e. The van der Waals surface area contributed by atoms with Gasteiger partial charge in [-0.1, -0.05) is 13.8 Å². The maximum Gasteiger partial charge on any atom is 0.261 e. The summed E-state index contributed by atoms with van der Waals surface area (Å²) >= 11 is 1.29. The molecule has 24 heavy (non-hydrogen) atoms. The van der Waals surface area contributed by atoms with E-state index in [0.29, 0.717) is 28.4 Å². The molecule has 1 aromatic heterocycles. The van der Waals surface area contributed by atoms with E-state index in [2.05, 4.69) is 29.4 Å². The maximum absolute atomic E-state index is 12.4. The SMILES string of the molecule is CC(=O)Nc1ccc(C(=O)NC[C@@H](CC(C)C)N2CCOCC2)s1. The largest absolute Gasteiger partial charge is 0.379 e. The van der Waals surface area contributed by atoms with Crippen molar-refractivity contribution in [3.63, 3.8) is 0 Å². The van der Waals surface area contributed by atoms with Crippen molar-refractivity contribution >= 4 is 28.2 Å². The molecule has 1 aliphatic rings. The molecule has 134 valence electrons. The number of morpholine rings is 1. The molecule has 1 aliphatic heterocycles. The lowest BCUT2D eigenvalue weighted by atomic mass is 10.0. The molecule has 2 rings (SSSR count). The minimum absolute atomic E-state index is 0.0846. The highest BCUT2D eigenvalue weighted by atomic mass is 32.1. The number of rotatable bonds is 7. The summed E-state index contributed by atoms with van der Waals surface area (Å²) < 4.78 is 5.42. The predicted molar refractivity (Wildman–Crippen MR) is 96.6 cm³/mol. The highest BCUT2D eigenvalue weighted by Crippen LogP contribution is 2.22. The lowest BCUT2D eigenvalue weighted by molar-refractivity contribution is -0.114. The minimum atomic E-state index is -0.131. The van der Waals surface area contributed by atoms with Gasteiger partial charge in [0.25, 0.3) is 5.91 Å². The van der Waals surface area contributed by atoms with Crippen molar-refractivity contribution in [2.24, 2.45) is 5.92 Å². The second-order valence-corrected chi connectivity index (χ2v) is 7.57. The Morgan fingerprint density at radius 1 is 1.29 bits per heavy atom. The molecule has 6 nitrogen and oxygen atoms in total. The molecule has 2 N–H and O–H groups in total. The van der Waals surface area contributed by atoms with Gasteiger partial charge in [-0.05, 0) is 24.5 Å². The number of thiophene rings is 1. The van der Waals surface area contributed by atoms with Crippen LogP contribution in [0.15, 0.2) is 12.1 Å². The van der Waals surface area contributed by atoms with Gasteiger partial charge in [-0.3, -0.25) is 14.5 Å². The third-order valence-electron chi connectivity index (χ3n) is 3.93. The van der Waals surface area contributed by atoms with Gasteiger partial charge in [0.05, 0.1) is 23.1 Å². The topological polar surface area (TPSA) is 70.7 Å². The number of carbonyl (C=O) groups excluding carboxylic acids is 2. The van der Waals surface area contributed by atoms with Crippen molar-refractivity contribution in [2.75, 3.05) is 38.2 Å². The Hall–Kier alpha value is -1.44. The number of nitrogens with zero attached hydrogens (tertiary/aromatic N) is 1. The second-order valence-electron chi connectivity index (χ2n) is 6.49. The van der Waals surface area contributed by atoms with Gasteiger partial charge in [-0.25, -0.2) is 0 Å². The van der Waals surface area contributed by atoms with Crippen LogP contribution in [0.1, 0.15) is 36.9 Å². The summed E-state index contributed by atoms with van der Waals surface area (Å²) in [5.74, 6) is 0.356. The second kappa shape index (κ2) is 9.15. The average Bonchev–Trinajstić information content (AvgIpc) is 2.99. The lowest BCUT2D eigenvalue weighted by Crippen LogP contribution is -2.49. The summed E-state index contributed by atoms with van der Waals surface area (Å²) in [6.45, 7) is 9.84. The molecule has 7 heteroatoms. The molecule has 1 saturated heterocycles. The maximum atomic E-state index is 12.4. The van der Waals surface area contributed by atoms with Gasteiger partial charge in [0.2, 0.25) is 5.91 Å². The Labute approximate surface area is 147 Å². The van der Waals surface area contributed by atoms with Crippen molar-refractivity contribution < 1.29 is 14.3 Å². The molecular weight excluding hydrogens is 326 g/mol. The first-order valence-corrected chi connectivity index (χ1v) is 9.24. The van der Waals surface area contributed by atoms with Gasteiger partial charge in [-0.15, -0.1) is 11.3 Å². The van der Waals surface area contributed by atoms with Gasteiger partial charge in [0.15, 0.2) is 0 Å². The number of carbonyl (C=O) groups is 2. The molecule has 0 spiro atoms. The fourth-order valence-corrected chi connectivity index (χ4v) is 3.72. The first kappa shape index (κ1) is 18.9. The van der Waals surface area contributed by atoms with Crippen LogP contribution in [0.3, 0.4) is 0 Å². The Kier molecular flexibility index (Phi) is 7.20. The summed E-state index contributed by atoms with van der Waals surface area (Å²) in [5.41, 5.74) is 0. The average molecular weight is 353 g/mol. The van der Waals surface area contributed by atoms with Gasteiger partial charge in [0.1, 0.15) is 0 Å². The lowest BCUT2D eigenvalue weighted by Gasteiger charge is -2.35. The van der Waals surface area contributed by atoms with Crippen LogP contribution in [-0.2, 0) is 9.53 Å². The molecule has 1 fully saturated rings. The summed E-state index contributed by atoms with van der Waals surface area (Å²) in [6.07, 6.45) is 1.04. The monoisotopic (exact) mass is 353 g/mol. The quantitative estimate of drug-likeness (QED) is 0.788. The Morgan fingerprint density at radius 2 is 2.00 bits per heavy atom. The standard InChI is InChI=1S/C17H27N3O3S/c1-12(2)10-14(20-6-8-23-9-7-20)11-18-17(22)15-4-5-16(24-15)19-13(3)21/h4-5,12,14H,6-11H2,1-3H3,(H,18,22)(H,19,21)/t14-/m1/s1. The van der Waals surface area contributed by atoms with E-state index in [1.54, 1.807) is 12.1 Å². The molecular formula is C17H27N3O3S. The zero-order chi connectivity index (χ0) is 17.5. The molecule has 0 aromatic carbocycles. The molecule has 2 amide bonds. The summed E-state index contributed by atoms with van der Waals surface area (Å²) in [4.78, 5) is 26.4. The van der Waals surface area contributed by atoms with E-state index < -0.39 is 0 Å². The van der Waals surface area contributed by atoms with Crippen molar-refractivity contribution in [3.8, 4) is 0 Å². The number of hydrogen-bond donors (Lipinski definition) is 2. The van der Waals surface area contributed by atoms with Crippen LogP contribution in [0.5, 0.6) is 0 Å². The normalized spacial score (nSPS) is 16.8. The van der Waals surface area contributed by atoms with E-state index in [1.165, 1.54) is 18.3 Å². The van der Waals surface area contributed by atoms with Crippen LogP contribution in [0, 0.1) is 5.92 Å².